The summed E-state index contributed by atoms with van der Waals surface area (Å²) in [5, 5.41) is 11.9. The van der Waals surface area contributed by atoms with Crippen LogP contribution in [0.25, 0.3) is 11.4 Å². The lowest BCUT2D eigenvalue weighted by Gasteiger charge is -2.05. The Morgan fingerprint density at radius 1 is 1.21 bits per heavy atom. The van der Waals surface area contributed by atoms with Crippen molar-refractivity contribution in [2.24, 2.45) is 0 Å². The topological polar surface area (TPSA) is 61.6 Å². The number of rotatable bonds is 4. The summed E-state index contributed by atoms with van der Waals surface area (Å²) in [6, 6.07) is 11.9. The molecule has 0 spiro atoms. The average Bonchev–Trinajstić information content (AvgIpc) is 2.47. The lowest BCUT2D eigenvalue weighted by molar-refractivity contribution is 0.922. The SMILES string of the molecule is CCCc1ccc(-c2nc(C#N)cc(NC)n2)cc1. The fraction of sp³-hybridized carbons (Fsp3) is 0.267. The largest absolute Gasteiger partial charge is 0.373 e. The Balaban J connectivity index is 2.38. The molecule has 4 heteroatoms. The first kappa shape index (κ1) is 13.0. The van der Waals surface area contributed by atoms with Gasteiger partial charge in [0.05, 0.1) is 0 Å². The number of aromatic nitrogens is 2. The highest BCUT2D eigenvalue weighted by Gasteiger charge is 2.06. The van der Waals surface area contributed by atoms with Crippen molar-refractivity contribution < 1.29 is 0 Å². The molecule has 19 heavy (non-hydrogen) atoms. The van der Waals surface area contributed by atoms with Crippen LogP contribution < -0.4 is 5.32 Å². The molecule has 1 aromatic heterocycles. The molecule has 0 fully saturated rings. The smallest absolute Gasteiger partial charge is 0.162 e. The molecule has 0 aliphatic heterocycles. The predicted molar refractivity (Wildman–Crippen MR) is 75.7 cm³/mol. The number of hydrogen-bond donors (Lipinski definition) is 1. The van der Waals surface area contributed by atoms with Gasteiger partial charge in [0.1, 0.15) is 17.6 Å². The van der Waals surface area contributed by atoms with Crippen LogP contribution in [0.4, 0.5) is 5.82 Å². The number of nitriles is 1. The lowest BCUT2D eigenvalue weighted by atomic mass is 10.1. The zero-order valence-corrected chi connectivity index (χ0v) is 11.1. The van der Waals surface area contributed by atoms with Crippen LogP contribution >= 0.6 is 0 Å². The van der Waals surface area contributed by atoms with Gasteiger partial charge >= 0.3 is 0 Å². The molecule has 1 aromatic carbocycles. The minimum atomic E-state index is 0.368. The Bertz CT molecular complexity index is 597. The van der Waals surface area contributed by atoms with Crippen LogP contribution in [0.2, 0.25) is 0 Å². The average molecular weight is 252 g/mol. The standard InChI is InChI=1S/C15H16N4/c1-3-4-11-5-7-12(8-6-11)15-18-13(10-16)9-14(17-2)19-15/h5-9H,3-4H2,1-2H3,(H,17,18,19). The summed E-state index contributed by atoms with van der Waals surface area (Å²) in [4.78, 5) is 8.61. The highest BCUT2D eigenvalue weighted by Crippen LogP contribution is 2.19. The summed E-state index contributed by atoms with van der Waals surface area (Å²) in [6.45, 7) is 2.16. The van der Waals surface area contributed by atoms with E-state index in [0.29, 0.717) is 17.3 Å². The van der Waals surface area contributed by atoms with E-state index in [1.165, 1.54) is 5.56 Å². The molecule has 0 unspecified atom stereocenters. The van der Waals surface area contributed by atoms with Crippen LogP contribution in [0.3, 0.4) is 0 Å². The van der Waals surface area contributed by atoms with Crippen LogP contribution in [0.15, 0.2) is 30.3 Å². The van der Waals surface area contributed by atoms with Gasteiger partial charge in [-0.3, -0.25) is 0 Å². The fourth-order valence-electron chi connectivity index (χ4n) is 1.87. The molecule has 0 atom stereocenters. The van der Waals surface area contributed by atoms with Crippen LogP contribution in [-0.2, 0) is 6.42 Å². The Hall–Kier alpha value is -2.41. The predicted octanol–water partition coefficient (Wildman–Crippen LogP) is 3.01. The van der Waals surface area contributed by atoms with E-state index in [2.05, 4.69) is 40.4 Å². The van der Waals surface area contributed by atoms with Crippen molar-refractivity contribution in [1.29, 1.82) is 5.26 Å². The summed E-state index contributed by atoms with van der Waals surface area (Å²) >= 11 is 0. The van der Waals surface area contributed by atoms with Gasteiger partial charge < -0.3 is 5.32 Å². The van der Waals surface area contributed by atoms with Gasteiger partial charge in [-0.25, -0.2) is 9.97 Å². The molecule has 0 radical (unpaired) electrons. The van der Waals surface area contributed by atoms with E-state index in [4.69, 9.17) is 5.26 Å². The maximum absolute atomic E-state index is 8.97. The quantitative estimate of drug-likeness (QED) is 0.908. The van der Waals surface area contributed by atoms with Crippen molar-refractivity contribution in [1.82, 2.24) is 9.97 Å². The third kappa shape index (κ3) is 3.08. The second-order valence-corrected chi connectivity index (χ2v) is 4.27. The van der Waals surface area contributed by atoms with Crippen LogP contribution in [-0.4, -0.2) is 17.0 Å². The maximum atomic E-state index is 8.97. The van der Waals surface area contributed by atoms with Gasteiger partial charge in [-0.05, 0) is 12.0 Å². The monoisotopic (exact) mass is 252 g/mol. The summed E-state index contributed by atoms with van der Waals surface area (Å²) in [5.74, 6) is 1.23. The Kier molecular flexibility index (Phi) is 4.09. The van der Waals surface area contributed by atoms with E-state index in [0.717, 1.165) is 18.4 Å². The van der Waals surface area contributed by atoms with E-state index in [-0.39, 0.29) is 0 Å². The second-order valence-electron chi connectivity index (χ2n) is 4.27. The third-order valence-corrected chi connectivity index (χ3v) is 2.85. The third-order valence-electron chi connectivity index (χ3n) is 2.85. The molecule has 96 valence electrons. The van der Waals surface area contributed by atoms with Crippen molar-refractivity contribution >= 4 is 5.82 Å². The molecule has 0 saturated heterocycles. The Morgan fingerprint density at radius 2 is 1.95 bits per heavy atom. The summed E-state index contributed by atoms with van der Waals surface area (Å²) in [7, 11) is 1.78. The molecule has 4 nitrogen and oxygen atoms in total. The van der Waals surface area contributed by atoms with Crippen molar-refractivity contribution in [3.8, 4) is 17.5 Å². The molecule has 2 rings (SSSR count). The zero-order valence-electron chi connectivity index (χ0n) is 11.1. The minimum Gasteiger partial charge on any atom is -0.373 e. The minimum absolute atomic E-state index is 0.368. The molecule has 0 bridgehead atoms. The molecule has 0 aliphatic carbocycles. The second kappa shape index (κ2) is 5.96. The van der Waals surface area contributed by atoms with E-state index in [1.54, 1.807) is 13.1 Å². The van der Waals surface area contributed by atoms with E-state index >= 15 is 0 Å². The number of anilines is 1. The summed E-state index contributed by atoms with van der Waals surface area (Å²) in [5.41, 5.74) is 2.59. The first-order valence-corrected chi connectivity index (χ1v) is 6.33. The van der Waals surface area contributed by atoms with E-state index in [9.17, 15) is 0 Å². The number of hydrogen-bond acceptors (Lipinski definition) is 4. The Labute approximate surface area is 113 Å². The zero-order chi connectivity index (χ0) is 13.7. The molecule has 1 heterocycles. The van der Waals surface area contributed by atoms with Crippen LogP contribution in [0.5, 0.6) is 0 Å². The van der Waals surface area contributed by atoms with Crippen LogP contribution in [0, 0.1) is 11.3 Å². The molecular weight excluding hydrogens is 236 g/mol. The fourth-order valence-corrected chi connectivity index (χ4v) is 1.87. The summed E-state index contributed by atoms with van der Waals surface area (Å²) < 4.78 is 0. The van der Waals surface area contributed by atoms with E-state index < -0.39 is 0 Å². The number of nitrogens with zero attached hydrogens (tertiary/aromatic N) is 3. The molecule has 2 aromatic rings. The number of benzene rings is 1. The number of nitrogens with one attached hydrogen (secondary N) is 1. The first-order valence-electron chi connectivity index (χ1n) is 6.33. The van der Waals surface area contributed by atoms with Gasteiger partial charge in [0.15, 0.2) is 5.82 Å². The van der Waals surface area contributed by atoms with E-state index in [1.807, 2.05) is 12.1 Å². The van der Waals surface area contributed by atoms with Gasteiger partial charge in [0.2, 0.25) is 0 Å². The lowest BCUT2D eigenvalue weighted by Crippen LogP contribution is -1.99. The van der Waals surface area contributed by atoms with Gasteiger partial charge in [-0.1, -0.05) is 37.6 Å². The van der Waals surface area contributed by atoms with Gasteiger partial charge in [-0.15, -0.1) is 0 Å². The maximum Gasteiger partial charge on any atom is 0.162 e. The van der Waals surface area contributed by atoms with Crippen molar-refractivity contribution in [2.45, 2.75) is 19.8 Å². The molecule has 1 N–H and O–H groups in total. The van der Waals surface area contributed by atoms with Gasteiger partial charge in [0, 0.05) is 18.7 Å². The molecule has 0 saturated carbocycles. The normalized spacial score (nSPS) is 9.95. The van der Waals surface area contributed by atoms with Crippen molar-refractivity contribution in [3.63, 3.8) is 0 Å². The van der Waals surface area contributed by atoms with Gasteiger partial charge in [-0.2, -0.15) is 5.26 Å². The highest BCUT2D eigenvalue weighted by molar-refractivity contribution is 5.58. The first-order chi connectivity index (χ1) is 9.26. The molecule has 0 aliphatic rings. The molecular formula is C15H16N4. The molecule has 0 amide bonds. The van der Waals surface area contributed by atoms with Crippen molar-refractivity contribution in [2.75, 3.05) is 12.4 Å². The van der Waals surface area contributed by atoms with Gasteiger partial charge in [0.25, 0.3) is 0 Å². The number of aryl methyl sites for hydroxylation is 1. The summed E-state index contributed by atoms with van der Waals surface area (Å²) in [6.07, 6.45) is 2.20. The Morgan fingerprint density at radius 3 is 2.53 bits per heavy atom. The van der Waals surface area contributed by atoms with Crippen LogP contribution in [0.1, 0.15) is 24.6 Å². The highest BCUT2D eigenvalue weighted by atomic mass is 15.0. The van der Waals surface area contributed by atoms with Crippen molar-refractivity contribution in [3.05, 3.63) is 41.6 Å².